The maximum atomic E-state index is 4.33. The van der Waals surface area contributed by atoms with Crippen molar-refractivity contribution in [3.63, 3.8) is 0 Å². The highest BCUT2D eigenvalue weighted by Crippen LogP contribution is 2.45. The molecule has 1 aromatic rings. The predicted octanol–water partition coefficient (Wildman–Crippen LogP) is 3.84. The van der Waals surface area contributed by atoms with Crippen LogP contribution in [0.4, 0.5) is 0 Å². The van der Waals surface area contributed by atoms with Crippen LogP contribution in [0, 0.1) is 10.8 Å². The third-order valence-electron chi connectivity index (χ3n) is 3.58. The first-order chi connectivity index (χ1) is 7.86. The van der Waals surface area contributed by atoms with E-state index in [1.54, 1.807) is 11.3 Å². The monoisotopic (exact) mass is 252 g/mol. The number of hydrogen-bond acceptors (Lipinski definition) is 3. The van der Waals surface area contributed by atoms with Crippen molar-refractivity contribution < 1.29 is 0 Å². The molecule has 3 heteroatoms. The summed E-state index contributed by atoms with van der Waals surface area (Å²) in [5, 5.41) is 6.93. The zero-order chi connectivity index (χ0) is 12.5. The standard InChI is InChI=1S/C14H24N2S/c1-13(2)7-11(8-14(3,4)10-13)16-9-12-15-5-6-17-12/h5-6,11,16H,7-10H2,1-4H3. The lowest BCUT2D eigenvalue weighted by molar-refractivity contribution is 0.0845. The molecule has 0 amide bonds. The fourth-order valence-electron chi connectivity index (χ4n) is 3.56. The SMILES string of the molecule is CC1(C)CC(NCc2nccs2)CC(C)(C)C1. The van der Waals surface area contributed by atoms with Crippen LogP contribution < -0.4 is 5.32 Å². The maximum absolute atomic E-state index is 4.33. The summed E-state index contributed by atoms with van der Waals surface area (Å²) in [4.78, 5) is 4.33. The Kier molecular flexibility index (Phi) is 3.60. The molecule has 1 aliphatic rings. The molecule has 0 unspecified atom stereocenters. The normalized spacial score (nSPS) is 23.8. The minimum atomic E-state index is 0.461. The molecule has 0 atom stereocenters. The smallest absolute Gasteiger partial charge is 0.106 e. The highest BCUT2D eigenvalue weighted by molar-refractivity contribution is 7.09. The van der Waals surface area contributed by atoms with Gasteiger partial charge in [-0.05, 0) is 30.1 Å². The molecule has 2 rings (SSSR count). The zero-order valence-corrected chi connectivity index (χ0v) is 12.2. The van der Waals surface area contributed by atoms with Crippen LogP contribution in [-0.2, 0) is 6.54 Å². The Morgan fingerprint density at radius 3 is 2.47 bits per heavy atom. The Hall–Kier alpha value is -0.410. The molecule has 0 spiro atoms. The van der Waals surface area contributed by atoms with Crippen molar-refractivity contribution in [2.45, 2.75) is 59.5 Å². The summed E-state index contributed by atoms with van der Waals surface area (Å²) in [5.41, 5.74) is 0.921. The maximum Gasteiger partial charge on any atom is 0.106 e. The van der Waals surface area contributed by atoms with Crippen molar-refractivity contribution in [2.75, 3.05) is 0 Å². The molecule has 1 heterocycles. The van der Waals surface area contributed by atoms with Crippen LogP contribution in [0.2, 0.25) is 0 Å². The van der Waals surface area contributed by atoms with Crippen molar-refractivity contribution in [3.05, 3.63) is 16.6 Å². The van der Waals surface area contributed by atoms with Gasteiger partial charge in [-0.25, -0.2) is 4.98 Å². The van der Waals surface area contributed by atoms with E-state index in [2.05, 4.69) is 38.0 Å². The average Bonchev–Trinajstić information content (AvgIpc) is 2.61. The molecule has 1 fully saturated rings. The second-order valence-electron chi connectivity index (χ2n) is 6.92. The number of aromatic nitrogens is 1. The molecule has 1 N–H and O–H groups in total. The summed E-state index contributed by atoms with van der Waals surface area (Å²) in [6.45, 7) is 10.5. The van der Waals surface area contributed by atoms with E-state index in [0.29, 0.717) is 16.9 Å². The summed E-state index contributed by atoms with van der Waals surface area (Å²) in [6, 6.07) is 0.637. The molecule has 0 bridgehead atoms. The third kappa shape index (κ3) is 3.78. The number of nitrogens with zero attached hydrogens (tertiary/aromatic N) is 1. The van der Waals surface area contributed by atoms with Gasteiger partial charge < -0.3 is 5.32 Å². The second kappa shape index (κ2) is 4.69. The van der Waals surface area contributed by atoms with Crippen molar-refractivity contribution in [2.24, 2.45) is 10.8 Å². The van der Waals surface area contributed by atoms with Crippen LogP contribution >= 0.6 is 11.3 Å². The first-order valence-corrected chi connectivity index (χ1v) is 7.36. The largest absolute Gasteiger partial charge is 0.308 e. The van der Waals surface area contributed by atoms with E-state index in [9.17, 15) is 0 Å². The van der Waals surface area contributed by atoms with Gasteiger partial charge in [0, 0.05) is 24.2 Å². The summed E-state index contributed by atoms with van der Waals surface area (Å²) < 4.78 is 0. The Bertz CT molecular complexity index is 338. The molecule has 96 valence electrons. The number of nitrogens with one attached hydrogen (secondary N) is 1. The predicted molar refractivity (Wildman–Crippen MR) is 74.2 cm³/mol. The Morgan fingerprint density at radius 2 is 1.94 bits per heavy atom. The minimum Gasteiger partial charge on any atom is -0.308 e. The fourth-order valence-corrected chi connectivity index (χ4v) is 4.13. The summed E-state index contributed by atoms with van der Waals surface area (Å²) >= 11 is 1.74. The van der Waals surface area contributed by atoms with E-state index >= 15 is 0 Å². The van der Waals surface area contributed by atoms with Gasteiger partial charge in [0.25, 0.3) is 0 Å². The fraction of sp³-hybridized carbons (Fsp3) is 0.786. The molecule has 0 aliphatic heterocycles. The van der Waals surface area contributed by atoms with E-state index in [1.807, 2.05) is 11.6 Å². The van der Waals surface area contributed by atoms with Crippen LogP contribution in [0.1, 0.15) is 52.0 Å². The second-order valence-corrected chi connectivity index (χ2v) is 7.90. The number of hydrogen-bond donors (Lipinski definition) is 1. The lowest BCUT2D eigenvalue weighted by Crippen LogP contribution is -2.43. The van der Waals surface area contributed by atoms with Crippen LogP contribution in [0.15, 0.2) is 11.6 Å². The Morgan fingerprint density at radius 1 is 1.29 bits per heavy atom. The molecule has 1 aliphatic carbocycles. The minimum absolute atomic E-state index is 0.461. The van der Waals surface area contributed by atoms with Gasteiger partial charge >= 0.3 is 0 Å². The molecule has 1 aromatic heterocycles. The third-order valence-corrected chi connectivity index (χ3v) is 4.36. The topological polar surface area (TPSA) is 24.9 Å². The lowest BCUT2D eigenvalue weighted by atomic mass is 9.63. The van der Waals surface area contributed by atoms with Gasteiger partial charge in [-0.3, -0.25) is 0 Å². The van der Waals surface area contributed by atoms with Crippen molar-refractivity contribution in [1.82, 2.24) is 10.3 Å². The van der Waals surface area contributed by atoms with Crippen molar-refractivity contribution >= 4 is 11.3 Å². The van der Waals surface area contributed by atoms with E-state index in [0.717, 1.165) is 6.54 Å². The van der Waals surface area contributed by atoms with Crippen molar-refractivity contribution in [3.8, 4) is 0 Å². The van der Waals surface area contributed by atoms with E-state index in [4.69, 9.17) is 0 Å². The zero-order valence-electron chi connectivity index (χ0n) is 11.4. The van der Waals surface area contributed by atoms with Gasteiger partial charge in [0.2, 0.25) is 0 Å². The molecule has 0 aromatic carbocycles. The Labute approximate surface area is 109 Å². The van der Waals surface area contributed by atoms with Gasteiger partial charge in [0.05, 0.1) is 0 Å². The molecular weight excluding hydrogens is 228 g/mol. The van der Waals surface area contributed by atoms with Gasteiger partial charge in [-0.15, -0.1) is 11.3 Å². The Balaban J connectivity index is 1.92. The molecule has 1 saturated carbocycles. The van der Waals surface area contributed by atoms with Crippen LogP contribution in [-0.4, -0.2) is 11.0 Å². The molecule has 0 saturated heterocycles. The van der Waals surface area contributed by atoms with E-state index in [1.165, 1.54) is 24.3 Å². The first kappa shape index (κ1) is 13.0. The van der Waals surface area contributed by atoms with E-state index in [-0.39, 0.29) is 0 Å². The van der Waals surface area contributed by atoms with Gasteiger partial charge in [-0.1, -0.05) is 27.7 Å². The van der Waals surface area contributed by atoms with Crippen LogP contribution in [0.5, 0.6) is 0 Å². The number of thiazole rings is 1. The highest BCUT2D eigenvalue weighted by Gasteiger charge is 2.38. The average molecular weight is 252 g/mol. The summed E-state index contributed by atoms with van der Waals surface area (Å²) in [7, 11) is 0. The van der Waals surface area contributed by atoms with E-state index < -0.39 is 0 Å². The van der Waals surface area contributed by atoms with Gasteiger partial charge in [0.15, 0.2) is 0 Å². The van der Waals surface area contributed by atoms with Crippen LogP contribution in [0.3, 0.4) is 0 Å². The summed E-state index contributed by atoms with van der Waals surface area (Å²) in [5.74, 6) is 0. The molecule has 0 radical (unpaired) electrons. The molecular formula is C14H24N2S. The van der Waals surface area contributed by atoms with Gasteiger partial charge in [-0.2, -0.15) is 0 Å². The molecule has 2 nitrogen and oxygen atoms in total. The quantitative estimate of drug-likeness (QED) is 0.884. The number of rotatable bonds is 3. The van der Waals surface area contributed by atoms with Gasteiger partial charge in [0.1, 0.15) is 5.01 Å². The molecule has 17 heavy (non-hydrogen) atoms. The van der Waals surface area contributed by atoms with Crippen LogP contribution in [0.25, 0.3) is 0 Å². The summed E-state index contributed by atoms with van der Waals surface area (Å²) in [6.07, 6.45) is 5.77. The first-order valence-electron chi connectivity index (χ1n) is 6.48. The van der Waals surface area contributed by atoms with Crippen molar-refractivity contribution in [1.29, 1.82) is 0 Å². The lowest BCUT2D eigenvalue weighted by Gasteiger charge is -2.45. The highest BCUT2D eigenvalue weighted by atomic mass is 32.1.